The van der Waals surface area contributed by atoms with Crippen molar-refractivity contribution < 1.29 is 17.9 Å². The van der Waals surface area contributed by atoms with Crippen molar-refractivity contribution in [2.45, 2.75) is 31.6 Å². The van der Waals surface area contributed by atoms with Crippen LogP contribution in [0.4, 0.5) is 5.69 Å². The minimum Gasteiger partial charge on any atom is -0.489 e. The van der Waals surface area contributed by atoms with Gasteiger partial charge in [-0.05, 0) is 24.8 Å². The molecule has 0 N–H and O–H groups in total. The highest BCUT2D eigenvalue weighted by Crippen LogP contribution is 2.39. The number of hydrogen-bond donors (Lipinski definition) is 0. The number of halogens is 1. The number of amides is 1. The number of carbonyl (C=O) groups is 1. The van der Waals surface area contributed by atoms with Crippen LogP contribution < -0.4 is 9.64 Å². The lowest BCUT2D eigenvalue weighted by atomic mass is 10.0. The zero-order valence-corrected chi connectivity index (χ0v) is 15.4. The van der Waals surface area contributed by atoms with Gasteiger partial charge < -0.3 is 9.64 Å². The molecule has 0 aliphatic carbocycles. The van der Waals surface area contributed by atoms with Crippen molar-refractivity contribution in [3.05, 3.63) is 17.2 Å². The van der Waals surface area contributed by atoms with Crippen LogP contribution in [-0.2, 0) is 14.8 Å². The highest BCUT2D eigenvalue weighted by atomic mass is 35.5. The first-order valence-electron chi connectivity index (χ1n) is 8.05. The summed E-state index contributed by atoms with van der Waals surface area (Å²) < 4.78 is 33.0. The van der Waals surface area contributed by atoms with Gasteiger partial charge in [-0.1, -0.05) is 18.5 Å². The molecule has 1 aromatic rings. The number of carbonyl (C=O) groups excluding carboxylic acids is 1. The predicted octanol–water partition coefficient (Wildman–Crippen LogP) is 2.51. The molecule has 1 fully saturated rings. The van der Waals surface area contributed by atoms with E-state index < -0.39 is 10.0 Å². The van der Waals surface area contributed by atoms with Gasteiger partial charge in [0.15, 0.2) is 0 Å². The van der Waals surface area contributed by atoms with E-state index in [0.717, 1.165) is 12.8 Å². The third-order valence-electron chi connectivity index (χ3n) is 4.49. The van der Waals surface area contributed by atoms with E-state index in [0.29, 0.717) is 43.6 Å². The van der Waals surface area contributed by atoms with Crippen LogP contribution >= 0.6 is 11.6 Å². The van der Waals surface area contributed by atoms with Crippen molar-refractivity contribution in [3.63, 3.8) is 0 Å². The van der Waals surface area contributed by atoms with Gasteiger partial charge in [-0.15, -0.1) is 0 Å². The SMILES string of the molecule is CC(=O)N1CCOc2cc(S(=O)(=O)N3CCCC(C)C3)c(Cl)cc21. The topological polar surface area (TPSA) is 66.9 Å². The van der Waals surface area contributed by atoms with E-state index in [9.17, 15) is 13.2 Å². The Balaban J connectivity index is 2.01. The highest BCUT2D eigenvalue weighted by Gasteiger charge is 2.33. The number of ether oxygens (including phenoxy) is 1. The Bertz CT molecular complexity index is 766. The van der Waals surface area contributed by atoms with E-state index in [1.54, 1.807) is 4.90 Å². The quantitative estimate of drug-likeness (QED) is 0.800. The number of fused-ring (bicyclic) bond motifs is 1. The summed E-state index contributed by atoms with van der Waals surface area (Å²) in [4.78, 5) is 13.3. The summed E-state index contributed by atoms with van der Waals surface area (Å²) in [6.07, 6.45) is 1.87. The van der Waals surface area contributed by atoms with Crippen molar-refractivity contribution in [3.8, 4) is 5.75 Å². The molecule has 0 saturated carbocycles. The van der Waals surface area contributed by atoms with Crippen LogP contribution in [0.25, 0.3) is 0 Å². The van der Waals surface area contributed by atoms with Crippen molar-refractivity contribution in [2.24, 2.45) is 5.92 Å². The van der Waals surface area contributed by atoms with Gasteiger partial charge in [-0.2, -0.15) is 4.31 Å². The standard InChI is InChI=1S/C16H21ClN2O4S/c1-11-4-3-5-18(10-11)24(21,22)16-9-15-14(8-13(16)17)19(12(2)20)6-7-23-15/h8-9,11H,3-7,10H2,1-2H3. The predicted molar refractivity (Wildman–Crippen MR) is 92.1 cm³/mol. The average molecular weight is 373 g/mol. The second-order valence-corrected chi connectivity index (χ2v) is 8.69. The molecule has 1 atom stereocenters. The largest absolute Gasteiger partial charge is 0.489 e. The smallest absolute Gasteiger partial charge is 0.244 e. The second-order valence-electron chi connectivity index (χ2n) is 6.38. The van der Waals surface area contributed by atoms with Crippen LogP contribution in [0, 0.1) is 5.92 Å². The Morgan fingerprint density at radius 1 is 1.33 bits per heavy atom. The molecule has 2 heterocycles. The maximum atomic E-state index is 13.0. The number of benzene rings is 1. The second kappa shape index (κ2) is 6.54. The van der Waals surface area contributed by atoms with Crippen LogP contribution in [0.2, 0.25) is 5.02 Å². The van der Waals surface area contributed by atoms with Crippen molar-refractivity contribution in [1.82, 2.24) is 4.31 Å². The molecule has 1 aromatic carbocycles. The van der Waals surface area contributed by atoms with E-state index in [1.807, 2.05) is 6.92 Å². The summed E-state index contributed by atoms with van der Waals surface area (Å²) in [6, 6.07) is 2.96. The summed E-state index contributed by atoms with van der Waals surface area (Å²) >= 11 is 6.27. The molecule has 0 aromatic heterocycles. The van der Waals surface area contributed by atoms with E-state index in [-0.39, 0.29) is 15.8 Å². The maximum Gasteiger partial charge on any atom is 0.244 e. The summed E-state index contributed by atoms with van der Waals surface area (Å²) in [5.74, 6) is 0.579. The number of hydrogen-bond acceptors (Lipinski definition) is 4. The molecular formula is C16H21ClN2O4S. The van der Waals surface area contributed by atoms with Gasteiger partial charge in [0.25, 0.3) is 0 Å². The summed E-state index contributed by atoms with van der Waals surface area (Å²) in [7, 11) is -3.68. The van der Waals surface area contributed by atoms with Gasteiger partial charge in [-0.3, -0.25) is 4.79 Å². The van der Waals surface area contributed by atoms with Crippen LogP contribution in [-0.4, -0.2) is 44.9 Å². The fraction of sp³-hybridized carbons (Fsp3) is 0.562. The maximum absolute atomic E-state index is 13.0. The Kier molecular flexibility index (Phi) is 4.77. The number of piperidine rings is 1. The molecule has 8 heteroatoms. The lowest BCUT2D eigenvalue weighted by Gasteiger charge is -2.32. The number of rotatable bonds is 2. The van der Waals surface area contributed by atoms with Gasteiger partial charge in [0.05, 0.1) is 17.3 Å². The first kappa shape index (κ1) is 17.5. The lowest BCUT2D eigenvalue weighted by Crippen LogP contribution is -2.39. The molecule has 2 aliphatic heterocycles. The monoisotopic (exact) mass is 372 g/mol. The molecule has 1 unspecified atom stereocenters. The molecule has 3 rings (SSSR count). The Morgan fingerprint density at radius 2 is 2.08 bits per heavy atom. The molecule has 1 saturated heterocycles. The van der Waals surface area contributed by atoms with Crippen LogP contribution in [0.3, 0.4) is 0 Å². The molecule has 6 nitrogen and oxygen atoms in total. The fourth-order valence-electron chi connectivity index (χ4n) is 3.25. The number of nitrogens with zero attached hydrogens (tertiary/aromatic N) is 2. The lowest BCUT2D eigenvalue weighted by molar-refractivity contribution is -0.116. The van der Waals surface area contributed by atoms with Gasteiger partial charge >= 0.3 is 0 Å². The van der Waals surface area contributed by atoms with E-state index in [4.69, 9.17) is 16.3 Å². The summed E-state index contributed by atoms with van der Waals surface area (Å²) in [5.41, 5.74) is 0.518. The van der Waals surface area contributed by atoms with Crippen molar-refractivity contribution in [1.29, 1.82) is 0 Å². The molecular weight excluding hydrogens is 352 g/mol. The molecule has 1 amide bonds. The van der Waals surface area contributed by atoms with Gasteiger partial charge in [0.1, 0.15) is 17.3 Å². The van der Waals surface area contributed by atoms with E-state index in [1.165, 1.54) is 23.4 Å². The minimum absolute atomic E-state index is 0.0439. The fourth-order valence-corrected chi connectivity index (χ4v) is 5.36. The first-order valence-corrected chi connectivity index (χ1v) is 9.87. The molecule has 0 radical (unpaired) electrons. The number of sulfonamides is 1. The van der Waals surface area contributed by atoms with Crippen LogP contribution in [0.15, 0.2) is 17.0 Å². The summed E-state index contributed by atoms with van der Waals surface area (Å²) in [6.45, 7) is 5.26. The molecule has 0 spiro atoms. The molecule has 132 valence electrons. The van der Waals surface area contributed by atoms with Crippen molar-refractivity contribution in [2.75, 3.05) is 31.1 Å². The molecule has 2 aliphatic rings. The van der Waals surface area contributed by atoms with Crippen LogP contribution in [0.5, 0.6) is 5.75 Å². The normalized spacial score (nSPS) is 22.0. The average Bonchev–Trinajstić information content (AvgIpc) is 2.53. The third-order valence-corrected chi connectivity index (χ3v) is 6.82. The Morgan fingerprint density at radius 3 is 2.75 bits per heavy atom. The Hall–Kier alpha value is -1.31. The molecule has 0 bridgehead atoms. The van der Waals surface area contributed by atoms with E-state index in [2.05, 4.69) is 0 Å². The minimum atomic E-state index is -3.68. The van der Waals surface area contributed by atoms with Crippen LogP contribution in [0.1, 0.15) is 26.7 Å². The van der Waals surface area contributed by atoms with Crippen molar-refractivity contribution >= 4 is 33.2 Å². The zero-order valence-electron chi connectivity index (χ0n) is 13.8. The van der Waals surface area contributed by atoms with Gasteiger partial charge in [-0.25, -0.2) is 8.42 Å². The zero-order chi connectivity index (χ0) is 17.5. The molecule has 24 heavy (non-hydrogen) atoms. The number of anilines is 1. The van der Waals surface area contributed by atoms with Gasteiger partial charge in [0.2, 0.25) is 15.9 Å². The first-order chi connectivity index (χ1) is 11.3. The third kappa shape index (κ3) is 3.12. The van der Waals surface area contributed by atoms with E-state index >= 15 is 0 Å². The highest BCUT2D eigenvalue weighted by molar-refractivity contribution is 7.89. The summed E-state index contributed by atoms with van der Waals surface area (Å²) in [5, 5.41) is 0.115. The Labute approximate surface area is 147 Å². The van der Waals surface area contributed by atoms with Gasteiger partial charge in [0, 0.05) is 26.1 Å².